The molecule has 40 heavy (non-hydrogen) atoms. The molecule has 3 heterocycles. The highest BCUT2D eigenvalue weighted by molar-refractivity contribution is 6.35. The zero-order valence-corrected chi connectivity index (χ0v) is 24.2. The fourth-order valence-electron chi connectivity index (χ4n) is 5.27. The zero-order chi connectivity index (χ0) is 28.2. The molecule has 0 bridgehead atoms. The van der Waals surface area contributed by atoms with Crippen molar-refractivity contribution >= 4 is 46.4 Å². The number of nitrogens with zero attached hydrogens (tertiary/aromatic N) is 5. The SMILES string of the molecule is CCCN(C)C1CCN(c2cc(F)c(-c3cnc(N4CCOCC4)nc3)cc2NC(=O)c2cc(Cl)cc(Cl)c2)C1. The van der Waals surface area contributed by atoms with Crippen LogP contribution in [0, 0.1) is 5.82 Å². The summed E-state index contributed by atoms with van der Waals surface area (Å²) < 4.78 is 21.1. The molecule has 0 aliphatic carbocycles. The van der Waals surface area contributed by atoms with Crippen LogP contribution in [0.15, 0.2) is 42.7 Å². The van der Waals surface area contributed by atoms with Gasteiger partial charge in [-0.05, 0) is 56.8 Å². The van der Waals surface area contributed by atoms with Crippen molar-refractivity contribution in [3.63, 3.8) is 0 Å². The lowest BCUT2D eigenvalue weighted by Crippen LogP contribution is -2.37. The number of carbonyl (C=O) groups excluding carboxylic acids is 1. The lowest BCUT2D eigenvalue weighted by Gasteiger charge is -2.27. The second-order valence-electron chi connectivity index (χ2n) is 10.2. The highest BCUT2D eigenvalue weighted by Gasteiger charge is 2.28. The lowest BCUT2D eigenvalue weighted by atomic mass is 10.1. The molecular formula is C29H33Cl2FN6O2. The van der Waals surface area contributed by atoms with Crippen molar-refractivity contribution in [1.82, 2.24) is 14.9 Å². The number of carbonyl (C=O) groups is 1. The summed E-state index contributed by atoms with van der Waals surface area (Å²) in [5.41, 5.74) is 2.25. The third-order valence-corrected chi connectivity index (χ3v) is 7.84. The number of hydrogen-bond donors (Lipinski definition) is 1. The second-order valence-corrected chi connectivity index (χ2v) is 11.1. The van der Waals surface area contributed by atoms with Crippen LogP contribution in [-0.4, -0.2) is 79.8 Å². The van der Waals surface area contributed by atoms with Crippen LogP contribution in [-0.2, 0) is 4.74 Å². The van der Waals surface area contributed by atoms with Gasteiger partial charge in [0.2, 0.25) is 5.95 Å². The van der Waals surface area contributed by atoms with E-state index in [1.54, 1.807) is 36.7 Å². The van der Waals surface area contributed by atoms with Crippen LogP contribution in [0.2, 0.25) is 10.0 Å². The summed E-state index contributed by atoms with van der Waals surface area (Å²) in [5.74, 6) is -0.220. The van der Waals surface area contributed by atoms with E-state index in [0.717, 1.165) is 32.5 Å². The van der Waals surface area contributed by atoms with Crippen LogP contribution < -0.4 is 15.1 Å². The maximum Gasteiger partial charge on any atom is 0.255 e. The van der Waals surface area contributed by atoms with Gasteiger partial charge in [0.1, 0.15) is 5.82 Å². The Morgan fingerprint density at radius 3 is 2.45 bits per heavy atom. The van der Waals surface area contributed by atoms with Gasteiger partial charge >= 0.3 is 0 Å². The van der Waals surface area contributed by atoms with Gasteiger partial charge in [-0.15, -0.1) is 0 Å². The summed E-state index contributed by atoms with van der Waals surface area (Å²) in [4.78, 5) is 28.8. The molecule has 2 aliphatic rings. The third-order valence-electron chi connectivity index (χ3n) is 7.41. The van der Waals surface area contributed by atoms with E-state index in [1.807, 2.05) is 4.90 Å². The van der Waals surface area contributed by atoms with Crippen molar-refractivity contribution in [2.45, 2.75) is 25.8 Å². The number of amides is 1. The number of rotatable bonds is 8. The van der Waals surface area contributed by atoms with Crippen LogP contribution in [0.5, 0.6) is 0 Å². The van der Waals surface area contributed by atoms with Crippen LogP contribution in [0.1, 0.15) is 30.1 Å². The fourth-order valence-corrected chi connectivity index (χ4v) is 5.79. The predicted octanol–water partition coefficient (Wildman–Crippen LogP) is 5.60. The Hall–Kier alpha value is -2.98. The first-order valence-electron chi connectivity index (χ1n) is 13.5. The largest absolute Gasteiger partial charge is 0.378 e. The smallest absolute Gasteiger partial charge is 0.255 e. The minimum atomic E-state index is -0.410. The standard InChI is InChI=1S/C29H33Cl2FN6O2/c1-3-5-36(2)23-4-6-38(18-23)27-15-25(32)24(20-16-33-29(34-17-20)37-7-9-40-10-8-37)14-26(27)35-28(39)19-11-21(30)13-22(31)12-19/h11-17,23H,3-10,18H2,1-2H3,(H,35,39). The Morgan fingerprint density at radius 2 is 1.77 bits per heavy atom. The molecule has 8 nitrogen and oxygen atoms in total. The third kappa shape index (κ3) is 6.49. The number of morpholine rings is 1. The number of likely N-dealkylation sites (N-methyl/N-ethyl adjacent to an activating group) is 1. The van der Waals surface area contributed by atoms with Gasteiger partial charge in [-0.25, -0.2) is 14.4 Å². The molecule has 1 atom stereocenters. The first kappa shape index (κ1) is 28.5. The maximum atomic E-state index is 15.7. The van der Waals surface area contributed by atoms with Crippen molar-refractivity contribution in [2.24, 2.45) is 0 Å². The molecule has 0 spiro atoms. The molecule has 2 saturated heterocycles. The van der Waals surface area contributed by atoms with Gasteiger partial charge < -0.3 is 24.8 Å². The molecule has 1 aromatic heterocycles. The predicted molar refractivity (Wildman–Crippen MR) is 158 cm³/mol. The molecule has 2 aromatic carbocycles. The van der Waals surface area contributed by atoms with Gasteiger partial charge in [0.15, 0.2) is 0 Å². The molecule has 11 heteroatoms. The molecule has 1 N–H and O–H groups in total. The number of ether oxygens (including phenoxy) is 1. The molecule has 1 unspecified atom stereocenters. The van der Waals surface area contributed by atoms with E-state index in [1.165, 1.54) is 6.07 Å². The van der Waals surface area contributed by atoms with Crippen molar-refractivity contribution < 1.29 is 13.9 Å². The summed E-state index contributed by atoms with van der Waals surface area (Å²) in [5, 5.41) is 3.70. The van der Waals surface area contributed by atoms with Gasteiger partial charge in [-0.3, -0.25) is 4.79 Å². The molecule has 2 aliphatic heterocycles. The Kier molecular flexibility index (Phi) is 9.05. The first-order valence-corrected chi connectivity index (χ1v) is 14.3. The molecule has 3 aromatic rings. The normalized spacial score (nSPS) is 17.5. The van der Waals surface area contributed by atoms with E-state index < -0.39 is 5.82 Å². The van der Waals surface area contributed by atoms with Crippen molar-refractivity contribution in [2.75, 3.05) is 68.1 Å². The molecular weight excluding hydrogens is 554 g/mol. The van der Waals surface area contributed by atoms with Crippen molar-refractivity contribution in [3.05, 3.63) is 64.2 Å². The van der Waals surface area contributed by atoms with E-state index in [-0.39, 0.29) is 5.91 Å². The van der Waals surface area contributed by atoms with Crippen LogP contribution in [0.25, 0.3) is 11.1 Å². The van der Waals surface area contributed by atoms with E-state index in [2.05, 4.69) is 39.1 Å². The first-order chi connectivity index (χ1) is 19.3. The van der Waals surface area contributed by atoms with Gasteiger partial charge in [-0.2, -0.15) is 0 Å². The molecule has 0 saturated carbocycles. The maximum absolute atomic E-state index is 15.7. The van der Waals surface area contributed by atoms with Crippen LogP contribution in [0.4, 0.5) is 21.7 Å². The number of anilines is 3. The average Bonchev–Trinajstić information content (AvgIpc) is 3.44. The highest BCUT2D eigenvalue weighted by Crippen LogP contribution is 2.37. The minimum absolute atomic E-state index is 0.301. The molecule has 0 radical (unpaired) electrons. The topological polar surface area (TPSA) is 73.8 Å². The number of aromatic nitrogens is 2. The van der Waals surface area contributed by atoms with E-state index >= 15 is 4.39 Å². The van der Waals surface area contributed by atoms with E-state index in [4.69, 9.17) is 27.9 Å². The number of halogens is 3. The Morgan fingerprint density at radius 1 is 1.07 bits per heavy atom. The summed E-state index contributed by atoms with van der Waals surface area (Å²) >= 11 is 12.3. The Bertz CT molecular complexity index is 1330. The second kappa shape index (κ2) is 12.7. The molecule has 5 rings (SSSR count). The van der Waals surface area contributed by atoms with Crippen molar-refractivity contribution in [3.8, 4) is 11.1 Å². The van der Waals surface area contributed by atoms with Gasteiger partial charge in [-0.1, -0.05) is 30.1 Å². The minimum Gasteiger partial charge on any atom is -0.378 e. The van der Waals surface area contributed by atoms with E-state index in [9.17, 15) is 4.79 Å². The Balaban J connectivity index is 1.47. The average molecular weight is 588 g/mol. The quantitative estimate of drug-likeness (QED) is 0.368. The Labute approximate surface area is 244 Å². The van der Waals surface area contributed by atoms with Crippen LogP contribution >= 0.6 is 23.2 Å². The van der Waals surface area contributed by atoms with Gasteiger partial charge in [0.25, 0.3) is 5.91 Å². The molecule has 2 fully saturated rings. The van der Waals surface area contributed by atoms with Crippen LogP contribution in [0.3, 0.4) is 0 Å². The zero-order valence-electron chi connectivity index (χ0n) is 22.7. The van der Waals surface area contributed by atoms with Crippen molar-refractivity contribution in [1.29, 1.82) is 0 Å². The summed E-state index contributed by atoms with van der Waals surface area (Å²) in [7, 11) is 2.12. The molecule has 1 amide bonds. The fraction of sp³-hybridized carbons (Fsp3) is 0.414. The van der Waals surface area contributed by atoms with Gasteiger partial charge in [0.05, 0.1) is 24.6 Å². The van der Waals surface area contributed by atoms with Gasteiger partial charge in [0, 0.05) is 71.4 Å². The highest BCUT2D eigenvalue weighted by atomic mass is 35.5. The lowest BCUT2D eigenvalue weighted by molar-refractivity contribution is 0.102. The summed E-state index contributed by atoms with van der Waals surface area (Å²) in [6.45, 7) is 7.28. The number of nitrogens with one attached hydrogen (secondary N) is 1. The molecule has 212 valence electrons. The summed E-state index contributed by atoms with van der Waals surface area (Å²) in [6, 6.07) is 8.17. The van der Waals surface area contributed by atoms with E-state index in [0.29, 0.717) is 76.4 Å². The number of hydrogen-bond acceptors (Lipinski definition) is 7. The summed E-state index contributed by atoms with van der Waals surface area (Å²) in [6.07, 6.45) is 5.24. The number of benzene rings is 2. The monoisotopic (exact) mass is 586 g/mol.